The van der Waals surface area contributed by atoms with E-state index in [9.17, 15) is 0 Å². The molecule has 138 valence electrons. The molecule has 1 fully saturated rings. The Labute approximate surface area is 152 Å². The van der Waals surface area contributed by atoms with Gasteiger partial charge in [-0.1, -0.05) is 0 Å². The average Bonchev–Trinajstić information content (AvgIpc) is 3.20. The minimum atomic E-state index is 0.267. The van der Waals surface area contributed by atoms with Crippen molar-refractivity contribution in [3.05, 3.63) is 23.8 Å². The maximum Gasteiger partial charge on any atom is 0.319 e. The van der Waals surface area contributed by atoms with Crippen molar-refractivity contribution in [3.8, 4) is 17.8 Å². The molecular weight excluding hydrogens is 334 g/mol. The van der Waals surface area contributed by atoms with E-state index in [0.29, 0.717) is 18.3 Å². The number of rotatable bonds is 5. The molecule has 2 aromatic heterocycles. The van der Waals surface area contributed by atoms with Gasteiger partial charge in [0.1, 0.15) is 18.1 Å². The predicted octanol–water partition coefficient (Wildman–Crippen LogP) is 2.17. The summed E-state index contributed by atoms with van der Waals surface area (Å²) in [6.45, 7) is 1.45. The van der Waals surface area contributed by atoms with Gasteiger partial charge in [0, 0.05) is 13.0 Å². The number of hydrogen-bond donors (Lipinski definition) is 0. The van der Waals surface area contributed by atoms with Crippen molar-refractivity contribution in [2.45, 2.75) is 44.8 Å². The Bertz CT molecular complexity index is 779. The highest BCUT2D eigenvalue weighted by Crippen LogP contribution is 2.34. The zero-order chi connectivity index (χ0) is 17.9. The molecule has 2 aromatic rings. The first kappa shape index (κ1) is 16.8. The predicted molar refractivity (Wildman–Crippen MR) is 94.8 cm³/mol. The van der Waals surface area contributed by atoms with Gasteiger partial charge in [0.25, 0.3) is 0 Å². The van der Waals surface area contributed by atoms with Crippen LogP contribution in [0.3, 0.4) is 0 Å². The lowest BCUT2D eigenvalue weighted by molar-refractivity contribution is 0.198. The lowest BCUT2D eigenvalue weighted by atomic mass is 10.1. The van der Waals surface area contributed by atoms with Gasteiger partial charge in [-0.2, -0.15) is 4.98 Å². The van der Waals surface area contributed by atoms with Crippen LogP contribution in [-0.2, 0) is 13.0 Å². The SMILES string of the molecule is COc1ncc(N2CCc3ncnc(OC4CCCC4)c3C2)c(OC)n1. The number of aromatic nitrogens is 4. The molecule has 0 radical (unpaired) electrons. The van der Waals surface area contributed by atoms with E-state index in [1.807, 2.05) is 0 Å². The molecule has 0 amide bonds. The topological polar surface area (TPSA) is 82.5 Å². The molecular formula is C18H23N5O3. The van der Waals surface area contributed by atoms with E-state index in [0.717, 1.165) is 42.8 Å². The minimum absolute atomic E-state index is 0.267. The second kappa shape index (κ2) is 7.31. The van der Waals surface area contributed by atoms with E-state index >= 15 is 0 Å². The Morgan fingerprint density at radius 2 is 1.88 bits per heavy atom. The van der Waals surface area contributed by atoms with Crippen molar-refractivity contribution in [1.82, 2.24) is 19.9 Å². The third-order valence-electron chi connectivity index (χ3n) is 4.97. The zero-order valence-corrected chi connectivity index (χ0v) is 15.1. The molecule has 1 saturated carbocycles. The monoisotopic (exact) mass is 357 g/mol. The van der Waals surface area contributed by atoms with Gasteiger partial charge >= 0.3 is 6.01 Å². The summed E-state index contributed by atoms with van der Waals surface area (Å²) in [5.41, 5.74) is 2.93. The van der Waals surface area contributed by atoms with Crippen molar-refractivity contribution in [3.63, 3.8) is 0 Å². The van der Waals surface area contributed by atoms with Crippen molar-refractivity contribution < 1.29 is 14.2 Å². The Kier molecular flexibility index (Phi) is 4.73. The number of nitrogens with zero attached hydrogens (tertiary/aromatic N) is 5. The lowest BCUT2D eigenvalue weighted by Gasteiger charge is -2.31. The number of fused-ring (bicyclic) bond motifs is 1. The molecule has 8 heteroatoms. The molecule has 0 bridgehead atoms. The molecule has 3 heterocycles. The van der Waals surface area contributed by atoms with Crippen LogP contribution in [0, 0.1) is 0 Å². The fraction of sp³-hybridized carbons (Fsp3) is 0.556. The maximum atomic E-state index is 6.19. The van der Waals surface area contributed by atoms with Gasteiger partial charge in [0.2, 0.25) is 11.8 Å². The van der Waals surface area contributed by atoms with Gasteiger partial charge in [-0.25, -0.2) is 15.0 Å². The van der Waals surface area contributed by atoms with Crippen LogP contribution in [0.25, 0.3) is 0 Å². The molecule has 0 saturated heterocycles. The van der Waals surface area contributed by atoms with Crippen LogP contribution in [0.5, 0.6) is 17.8 Å². The largest absolute Gasteiger partial charge is 0.479 e. The third kappa shape index (κ3) is 3.23. The first-order chi connectivity index (χ1) is 12.8. The first-order valence-corrected chi connectivity index (χ1v) is 8.98. The molecule has 26 heavy (non-hydrogen) atoms. The van der Waals surface area contributed by atoms with Crippen LogP contribution in [0.2, 0.25) is 0 Å². The van der Waals surface area contributed by atoms with Gasteiger partial charge in [-0.3, -0.25) is 0 Å². The fourth-order valence-corrected chi connectivity index (χ4v) is 3.60. The minimum Gasteiger partial charge on any atom is -0.479 e. The third-order valence-corrected chi connectivity index (χ3v) is 4.97. The second-order valence-corrected chi connectivity index (χ2v) is 6.55. The quantitative estimate of drug-likeness (QED) is 0.805. The molecule has 0 spiro atoms. The summed E-state index contributed by atoms with van der Waals surface area (Å²) in [7, 11) is 3.14. The lowest BCUT2D eigenvalue weighted by Crippen LogP contribution is -2.32. The molecule has 2 aliphatic rings. The number of ether oxygens (including phenoxy) is 3. The van der Waals surface area contributed by atoms with Crippen LogP contribution < -0.4 is 19.1 Å². The van der Waals surface area contributed by atoms with Crippen LogP contribution in [0.15, 0.2) is 12.5 Å². The summed E-state index contributed by atoms with van der Waals surface area (Å²) in [5.74, 6) is 1.20. The summed E-state index contributed by atoms with van der Waals surface area (Å²) < 4.78 is 16.7. The molecule has 1 aliphatic carbocycles. The Morgan fingerprint density at radius 3 is 2.65 bits per heavy atom. The van der Waals surface area contributed by atoms with E-state index in [1.54, 1.807) is 19.6 Å². The average molecular weight is 357 g/mol. The fourth-order valence-electron chi connectivity index (χ4n) is 3.60. The Morgan fingerprint density at radius 1 is 1.04 bits per heavy atom. The normalized spacial score (nSPS) is 17.1. The molecule has 1 aliphatic heterocycles. The van der Waals surface area contributed by atoms with Crippen LogP contribution in [-0.4, -0.2) is 46.8 Å². The van der Waals surface area contributed by atoms with Crippen molar-refractivity contribution in [2.24, 2.45) is 0 Å². The summed E-state index contributed by atoms with van der Waals surface area (Å²) in [5, 5.41) is 0. The van der Waals surface area contributed by atoms with Crippen LogP contribution >= 0.6 is 0 Å². The van der Waals surface area contributed by atoms with Gasteiger partial charge in [0.05, 0.1) is 38.2 Å². The van der Waals surface area contributed by atoms with Crippen molar-refractivity contribution >= 4 is 5.69 Å². The number of anilines is 1. The highest BCUT2D eigenvalue weighted by molar-refractivity contribution is 5.56. The summed E-state index contributed by atoms with van der Waals surface area (Å²) in [6.07, 6.45) is 9.07. The Balaban J connectivity index is 1.61. The molecule has 0 N–H and O–H groups in total. The second-order valence-electron chi connectivity index (χ2n) is 6.55. The van der Waals surface area contributed by atoms with Crippen LogP contribution in [0.1, 0.15) is 36.9 Å². The van der Waals surface area contributed by atoms with Gasteiger partial charge in [-0.05, 0) is 25.7 Å². The van der Waals surface area contributed by atoms with Gasteiger partial charge in [-0.15, -0.1) is 0 Å². The highest BCUT2D eigenvalue weighted by atomic mass is 16.5. The molecule has 8 nitrogen and oxygen atoms in total. The van der Waals surface area contributed by atoms with Gasteiger partial charge in [0.15, 0.2) is 0 Å². The number of methoxy groups -OCH3 is 2. The molecule has 0 aromatic carbocycles. The molecule has 0 atom stereocenters. The van der Waals surface area contributed by atoms with E-state index in [4.69, 9.17) is 14.2 Å². The zero-order valence-electron chi connectivity index (χ0n) is 15.1. The van der Waals surface area contributed by atoms with Crippen molar-refractivity contribution in [1.29, 1.82) is 0 Å². The number of hydrogen-bond acceptors (Lipinski definition) is 8. The van der Waals surface area contributed by atoms with E-state index in [2.05, 4.69) is 24.8 Å². The Hall–Kier alpha value is -2.64. The highest BCUT2D eigenvalue weighted by Gasteiger charge is 2.27. The van der Waals surface area contributed by atoms with E-state index < -0.39 is 0 Å². The van der Waals surface area contributed by atoms with Gasteiger partial charge < -0.3 is 19.1 Å². The maximum absolute atomic E-state index is 6.19. The van der Waals surface area contributed by atoms with E-state index in [1.165, 1.54) is 20.0 Å². The van der Waals surface area contributed by atoms with E-state index in [-0.39, 0.29) is 12.1 Å². The van der Waals surface area contributed by atoms with Crippen molar-refractivity contribution in [2.75, 3.05) is 25.7 Å². The first-order valence-electron chi connectivity index (χ1n) is 8.98. The molecule has 0 unspecified atom stereocenters. The summed E-state index contributed by atoms with van der Waals surface area (Å²) in [4.78, 5) is 19.5. The summed E-state index contributed by atoms with van der Waals surface area (Å²) in [6, 6.07) is 0.289. The van der Waals surface area contributed by atoms with Crippen LogP contribution in [0.4, 0.5) is 5.69 Å². The smallest absolute Gasteiger partial charge is 0.319 e. The standard InChI is InChI=1S/C18H23N5O3/c1-24-17-15(9-19-18(22-17)25-2)23-8-7-14-13(10-23)16(21-11-20-14)26-12-5-3-4-6-12/h9,11-12H,3-8,10H2,1-2H3. The molecule has 4 rings (SSSR count). The summed E-state index contributed by atoms with van der Waals surface area (Å²) >= 11 is 0.